The van der Waals surface area contributed by atoms with Gasteiger partial charge < -0.3 is 9.64 Å². The van der Waals surface area contributed by atoms with Gasteiger partial charge in [0, 0.05) is 25.2 Å². The quantitative estimate of drug-likeness (QED) is 0.769. The summed E-state index contributed by atoms with van der Waals surface area (Å²) in [5.41, 5.74) is 0. The molecule has 3 nitrogen and oxygen atoms in total. The minimum atomic E-state index is 0.404. The topological polar surface area (TPSA) is 15.7 Å². The molecule has 0 bridgehead atoms. The molecule has 2 rings (SSSR count). The fourth-order valence-electron chi connectivity index (χ4n) is 3.47. The molecule has 2 aliphatic heterocycles. The molecule has 2 heterocycles. The van der Waals surface area contributed by atoms with Gasteiger partial charge in [0.15, 0.2) is 0 Å². The highest BCUT2D eigenvalue weighted by molar-refractivity contribution is 4.85. The van der Waals surface area contributed by atoms with Gasteiger partial charge in [0.2, 0.25) is 0 Å². The van der Waals surface area contributed by atoms with Crippen molar-refractivity contribution in [1.82, 2.24) is 9.80 Å². The first-order valence-electron chi connectivity index (χ1n) is 7.73. The summed E-state index contributed by atoms with van der Waals surface area (Å²) in [6, 6.07) is 1.55. The van der Waals surface area contributed by atoms with Gasteiger partial charge in [0.1, 0.15) is 0 Å². The molecule has 3 heteroatoms. The molecule has 0 radical (unpaired) electrons. The summed E-state index contributed by atoms with van der Waals surface area (Å²) in [6.45, 7) is 13.9. The van der Waals surface area contributed by atoms with Crippen molar-refractivity contribution in [3.8, 4) is 0 Å². The predicted octanol–water partition coefficient (Wildman–Crippen LogP) is 2.36. The summed E-state index contributed by atoms with van der Waals surface area (Å²) < 4.78 is 5.83. The van der Waals surface area contributed by atoms with Crippen LogP contribution >= 0.6 is 0 Å². The van der Waals surface area contributed by atoms with Crippen molar-refractivity contribution in [2.75, 3.05) is 26.2 Å². The van der Waals surface area contributed by atoms with E-state index in [2.05, 4.69) is 37.5 Å². The van der Waals surface area contributed by atoms with E-state index in [1.165, 1.54) is 32.4 Å². The van der Waals surface area contributed by atoms with E-state index in [1.807, 2.05) is 0 Å². The lowest BCUT2D eigenvalue weighted by atomic mass is 9.99. The summed E-state index contributed by atoms with van der Waals surface area (Å²) in [4.78, 5) is 5.33. The summed E-state index contributed by atoms with van der Waals surface area (Å²) in [5.74, 6) is 0. The van der Waals surface area contributed by atoms with Crippen molar-refractivity contribution >= 4 is 0 Å². The fraction of sp³-hybridized carbons (Fsp3) is 1.00. The Morgan fingerprint density at radius 2 is 1.67 bits per heavy atom. The van der Waals surface area contributed by atoms with Crippen LogP contribution in [0.15, 0.2) is 0 Å². The van der Waals surface area contributed by atoms with E-state index in [9.17, 15) is 0 Å². The number of rotatable bonds is 3. The molecule has 0 spiro atoms. The van der Waals surface area contributed by atoms with Gasteiger partial charge in [0.25, 0.3) is 0 Å². The monoisotopic (exact) mass is 254 g/mol. The first-order valence-corrected chi connectivity index (χ1v) is 7.73. The number of hydrogen-bond donors (Lipinski definition) is 0. The van der Waals surface area contributed by atoms with Crippen LogP contribution in [0.3, 0.4) is 0 Å². The Bertz CT molecular complexity index is 241. The van der Waals surface area contributed by atoms with Crippen LogP contribution in [-0.2, 0) is 4.74 Å². The molecule has 0 unspecified atom stereocenters. The van der Waals surface area contributed by atoms with Crippen LogP contribution in [0.5, 0.6) is 0 Å². The normalized spacial score (nSPS) is 34.7. The summed E-state index contributed by atoms with van der Waals surface area (Å²) in [7, 11) is 0. The van der Waals surface area contributed by atoms with Crippen LogP contribution in [0.25, 0.3) is 0 Å². The van der Waals surface area contributed by atoms with Crippen LogP contribution in [0.4, 0.5) is 0 Å². The highest BCUT2D eigenvalue weighted by Gasteiger charge is 2.30. The number of nitrogens with zero attached hydrogens (tertiary/aromatic N) is 2. The van der Waals surface area contributed by atoms with Gasteiger partial charge in [-0.3, -0.25) is 4.90 Å². The van der Waals surface area contributed by atoms with Gasteiger partial charge in [-0.25, -0.2) is 0 Å². The standard InChI is InChI=1S/C15H30N2O/c1-5-12(2)16-8-6-15(7-9-16)17-10-13(3)18-14(4)11-17/h12-15H,5-11H2,1-4H3/t12-,13+,14+/m0/s1. The molecule has 0 amide bonds. The van der Waals surface area contributed by atoms with E-state index in [1.54, 1.807) is 0 Å². The molecule has 2 fully saturated rings. The van der Waals surface area contributed by atoms with E-state index in [-0.39, 0.29) is 0 Å². The Morgan fingerprint density at radius 3 is 2.17 bits per heavy atom. The van der Waals surface area contributed by atoms with E-state index in [0.29, 0.717) is 12.2 Å². The molecule has 2 saturated heterocycles. The molecule has 0 saturated carbocycles. The predicted molar refractivity (Wildman–Crippen MR) is 75.9 cm³/mol. The van der Waals surface area contributed by atoms with Crippen LogP contribution in [0, 0.1) is 0 Å². The van der Waals surface area contributed by atoms with Gasteiger partial charge in [-0.15, -0.1) is 0 Å². The average Bonchev–Trinajstić information content (AvgIpc) is 2.37. The first kappa shape index (κ1) is 14.3. The molecule has 0 N–H and O–H groups in total. The zero-order chi connectivity index (χ0) is 13.1. The molecule has 106 valence electrons. The Labute approximate surface area is 112 Å². The SMILES string of the molecule is CC[C@H](C)N1CCC(N2C[C@@H](C)O[C@H](C)C2)CC1. The van der Waals surface area contributed by atoms with Crippen LogP contribution in [0.2, 0.25) is 0 Å². The second-order valence-electron chi connectivity index (χ2n) is 6.24. The maximum atomic E-state index is 5.83. The zero-order valence-corrected chi connectivity index (χ0v) is 12.6. The highest BCUT2D eigenvalue weighted by atomic mass is 16.5. The Morgan fingerprint density at radius 1 is 1.11 bits per heavy atom. The summed E-state index contributed by atoms with van der Waals surface area (Å²) >= 11 is 0. The third-order valence-electron chi connectivity index (χ3n) is 4.68. The van der Waals surface area contributed by atoms with E-state index < -0.39 is 0 Å². The Kier molecular flexibility index (Phi) is 5.05. The van der Waals surface area contributed by atoms with Crippen molar-refractivity contribution in [2.45, 2.75) is 71.2 Å². The Hall–Kier alpha value is -0.120. The zero-order valence-electron chi connectivity index (χ0n) is 12.6. The van der Waals surface area contributed by atoms with Gasteiger partial charge in [-0.2, -0.15) is 0 Å². The number of piperidine rings is 1. The fourth-order valence-corrected chi connectivity index (χ4v) is 3.47. The molecule has 0 aromatic carbocycles. The Balaban J connectivity index is 1.82. The van der Waals surface area contributed by atoms with Gasteiger partial charge in [-0.1, -0.05) is 6.92 Å². The van der Waals surface area contributed by atoms with E-state index >= 15 is 0 Å². The lowest BCUT2D eigenvalue weighted by Crippen LogP contribution is -2.54. The summed E-state index contributed by atoms with van der Waals surface area (Å²) in [6.07, 6.45) is 4.76. The second kappa shape index (κ2) is 6.36. The lowest BCUT2D eigenvalue weighted by Gasteiger charge is -2.44. The minimum Gasteiger partial charge on any atom is -0.373 e. The van der Waals surface area contributed by atoms with Crippen LogP contribution < -0.4 is 0 Å². The molecule has 2 aliphatic rings. The van der Waals surface area contributed by atoms with Gasteiger partial charge in [-0.05, 0) is 53.1 Å². The number of morpholine rings is 1. The van der Waals surface area contributed by atoms with Crippen molar-refractivity contribution in [3.05, 3.63) is 0 Å². The number of ether oxygens (including phenoxy) is 1. The summed E-state index contributed by atoms with van der Waals surface area (Å²) in [5, 5.41) is 0. The smallest absolute Gasteiger partial charge is 0.0678 e. The third kappa shape index (κ3) is 3.46. The molecular weight excluding hydrogens is 224 g/mol. The van der Waals surface area contributed by atoms with Crippen molar-refractivity contribution in [3.63, 3.8) is 0 Å². The molecule has 0 aromatic heterocycles. The second-order valence-corrected chi connectivity index (χ2v) is 6.24. The van der Waals surface area contributed by atoms with Crippen molar-refractivity contribution in [1.29, 1.82) is 0 Å². The largest absolute Gasteiger partial charge is 0.373 e. The lowest BCUT2D eigenvalue weighted by molar-refractivity contribution is -0.0872. The van der Waals surface area contributed by atoms with Gasteiger partial charge in [0.05, 0.1) is 12.2 Å². The molecule has 3 atom stereocenters. The van der Waals surface area contributed by atoms with Crippen molar-refractivity contribution < 1.29 is 4.74 Å². The third-order valence-corrected chi connectivity index (χ3v) is 4.68. The number of hydrogen-bond acceptors (Lipinski definition) is 3. The average molecular weight is 254 g/mol. The minimum absolute atomic E-state index is 0.404. The molecule has 0 aliphatic carbocycles. The van der Waals surface area contributed by atoms with E-state index in [4.69, 9.17) is 4.74 Å². The maximum Gasteiger partial charge on any atom is 0.0678 e. The van der Waals surface area contributed by atoms with Crippen molar-refractivity contribution in [2.24, 2.45) is 0 Å². The highest BCUT2D eigenvalue weighted by Crippen LogP contribution is 2.22. The van der Waals surface area contributed by atoms with Gasteiger partial charge >= 0.3 is 0 Å². The first-order chi connectivity index (χ1) is 8.60. The number of likely N-dealkylation sites (tertiary alicyclic amines) is 1. The molecular formula is C15H30N2O. The van der Waals surface area contributed by atoms with Crippen LogP contribution in [0.1, 0.15) is 47.0 Å². The maximum absolute atomic E-state index is 5.83. The van der Waals surface area contributed by atoms with E-state index in [0.717, 1.165) is 25.2 Å². The molecule has 18 heavy (non-hydrogen) atoms. The van der Waals surface area contributed by atoms with Crippen LogP contribution in [-0.4, -0.2) is 60.3 Å². The molecule has 0 aromatic rings.